The maximum atomic E-state index is 13.4. The van der Waals surface area contributed by atoms with Crippen molar-refractivity contribution in [2.24, 2.45) is 5.92 Å². The molecule has 6 heteroatoms. The van der Waals surface area contributed by atoms with E-state index in [4.69, 9.17) is 9.47 Å². The van der Waals surface area contributed by atoms with Gasteiger partial charge in [0, 0.05) is 42.4 Å². The molecule has 1 aliphatic heterocycles. The summed E-state index contributed by atoms with van der Waals surface area (Å²) in [4.78, 5) is 19.5. The van der Waals surface area contributed by atoms with Crippen molar-refractivity contribution in [3.63, 3.8) is 0 Å². The Kier molecular flexibility index (Phi) is 7.00. The minimum atomic E-state index is -0.298. The number of halogens is 1. The number of amides is 1. The number of carbonyl (C=O) groups excluding carboxylic acids is 1. The highest BCUT2D eigenvalue weighted by molar-refractivity contribution is 5.94. The van der Waals surface area contributed by atoms with Crippen molar-refractivity contribution in [1.82, 2.24) is 9.88 Å². The van der Waals surface area contributed by atoms with Crippen molar-refractivity contribution in [2.45, 2.75) is 13.0 Å². The van der Waals surface area contributed by atoms with Crippen molar-refractivity contribution >= 4 is 16.7 Å². The first-order valence-electron chi connectivity index (χ1n) is 11.8. The maximum absolute atomic E-state index is 13.4. The SMILES string of the molecule is O=C(c1cccc(OCc2cccc(F)c2)c1)N1CCOCC(Cc2cccc3cnccc23)C1. The molecule has 178 valence electrons. The molecule has 0 bridgehead atoms. The van der Waals surface area contributed by atoms with Crippen LogP contribution < -0.4 is 4.74 Å². The van der Waals surface area contributed by atoms with Crippen molar-refractivity contribution in [3.8, 4) is 5.75 Å². The first-order valence-corrected chi connectivity index (χ1v) is 11.8. The molecule has 0 N–H and O–H groups in total. The zero-order chi connectivity index (χ0) is 24.0. The average Bonchev–Trinajstić information content (AvgIpc) is 3.13. The highest BCUT2D eigenvalue weighted by Gasteiger charge is 2.24. The van der Waals surface area contributed by atoms with Gasteiger partial charge in [-0.05, 0) is 59.3 Å². The summed E-state index contributed by atoms with van der Waals surface area (Å²) in [6.45, 7) is 2.52. The smallest absolute Gasteiger partial charge is 0.254 e. The zero-order valence-corrected chi connectivity index (χ0v) is 19.4. The molecule has 0 radical (unpaired) electrons. The van der Waals surface area contributed by atoms with Crippen LogP contribution in [0.5, 0.6) is 5.75 Å². The van der Waals surface area contributed by atoms with Gasteiger partial charge >= 0.3 is 0 Å². The van der Waals surface area contributed by atoms with Crippen molar-refractivity contribution in [1.29, 1.82) is 0 Å². The van der Waals surface area contributed by atoms with Gasteiger partial charge in [0.05, 0.1) is 13.2 Å². The van der Waals surface area contributed by atoms with Crippen LogP contribution in [0.2, 0.25) is 0 Å². The third-order valence-corrected chi connectivity index (χ3v) is 6.28. The number of nitrogens with zero attached hydrogens (tertiary/aromatic N) is 2. The molecule has 5 rings (SSSR count). The minimum Gasteiger partial charge on any atom is -0.489 e. The van der Waals surface area contributed by atoms with Crippen LogP contribution in [0.1, 0.15) is 21.5 Å². The number of hydrogen-bond acceptors (Lipinski definition) is 4. The molecule has 35 heavy (non-hydrogen) atoms. The summed E-state index contributed by atoms with van der Waals surface area (Å²) in [5.41, 5.74) is 2.54. The van der Waals surface area contributed by atoms with Crippen LogP contribution in [0.3, 0.4) is 0 Å². The van der Waals surface area contributed by atoms with Gasteiger partial charge in [0.1, 0.15) is 18.2 Å². The fourth-order valence-corrected chi connectivity index (χ4v) is 4.56. The number of carbonyl (C=O) groups is 1. The molecule has 2 heterocycles. The fraction of sp³-hybridized carbons (Fsp3) is 0.241. The lowest BCUT2D eigenvalue weighted by Crippen LogP contribution is -2.36. The number of rotatable bonds is 6. The Morgan fingerprint density at radius 2 is 1.97 bits per heavy atom. The zero-order valence-electron chi connectivity index (χ0n) is 19.4. The van der Waals surface area contributed by atoms with Crippen LogP contribution >= 0.6 is 0 Å². The Labute approximate surface area is 204 Å². The molecular formula is C29H27FN2O3. The predicted octanol–water partition coefficient (Wildman–Crippen LogP) is 5.28. The van der Waals surface area contributed by atoms with E-state index in [1.165, 1.54) is 23.1 Å². The minimum absolute atomic E-state index is 0.0428. The van der Waals surface area contributed by atoms with Gasteiger partial charge in [0.15, 0.2) is 0 Å². The van der Waals surface area contributed by atoms with E-state index in [0.717, 1.165) is 17.4 Å². The lowest BCUT2D eigenvalue weighted by molar-refractivity contribution is 0.0737. The van der Waals surface area contributed by atoms with E-state index in [-0.39, 0.29) is 24.2 Å². The molecule has 1 fully saturated rings. The lowest BCUT2D eigenvalue weighted by atomic mass is 9.95. The summed E-state index contributed by atoms with van der Waals surface area (Å²) in [5.74, 6) is 0.423. The van der Waals surface area contributed by atoms with Crippen LogP contribution in [0, 0.1) is 11.7 Å². The van der Waals surface area contributed by atoms with Crippen LogP contribution in [0.25, 0.3) is 10.8 Å². The molecule has 0 aliphatic carbocycles. The normalized spacial score (nSPS) is 16.1. The van der Waals surface area contributed by atoms with Gasteiger partial charge in [-0.2, -0.15) is 0 Å². The first kappa shape index (κ1) is 23.0. The van der Waals surface area contributed by atoms with Gasteiger partial charge in [0.2, 0.25) is 0 Å². The van der Waals surface area contributed by atoms with Crippen molar-refractivity contribution < 1.29 is 18.7 Å². The van der Waals surface area contributed by atoms with E-state index >= 15 is 0 Å². The Bertz CT molecular complexity index is 1320. The third kappa shape index (κ3) is 5.66. The Hall–Kier alpha value is -3.77. The molecule has 1 saturated heterocycles. The monoisotopic (exact) mass is 470 g/mol. The Morgan fingerprint density at radius 3 is 2.89 bits per heavy atom. The predicted molar refractivity (Wildman–Crippen MR) is 133 cm³/mol. The summed E-state index contributed by atoms with van der Waals surface area (Å²) in [6.07, 6.45) is 4.51. The number of hydrogen-bond donors (Lipinski definition) is 0. The van der Waals surface area contributed by atoms with E-state index in [2.05, 4.69) is 23.2 Å². The largest absolute Gasteiger partial charge is 0.489 e. The van der Waals surface area contributed by atoms with Gasteiger partial charge in [-0.1, -0.05) is 36.4 Å². The van der Waals surface area contributed by atoms with Crippen molar-refractivity contribution in [2.75, 3.05) is 26.3 Å². The maximum Gasteiger partial charge on any atom is 0.254 e. The second kappa shape index (κ2) is 10.7. The van der Waals surface area contributed by atoms with Crippen LogP contribution in [-0.2, 0) is 17.8 Å². The molecule has 5 nitrogen and oxygen atoms in total. The molecule has 1 aliphatic rings. The van der Waals surface area contributed by atoms with Crippen LogP contribution in [-0.4, -0.2) is 42.1 Å². The van der Waals surface area contributed by atoms with Gasteiger partial charge in [-0.3, -0.25) is 9.78 Å². The molecule has 1 aromatic heterocycles. The molecule has 1 amide bonds. The molecule has 0 saturated carbocycles. The fourth-order valence-electron chi connectivity index (χ4n) is 4.56. The van der Waals surface area contributed by atoms with E-state index in [1.54, 1.807) is 24.3 Å². The van der Waals surface area contributed by atoms with E-state index in [1.807, 2.05) is 35.5 Å². The van der Waals surface area contributed by atoms with Gasteiger partial charge in [-0.25, -0.2) is 4.39 Å². The Morgan fingerprint density at radius 1 is 1.09 bits per heavy atom. The second-order valence-electron chi connectivity index (χ2n) is 8.86. The van der Waals surface area contributed by atoms with E-state index in [0.29, 0.717) is 37.6 Å². The van der Waals surface area contributed by atoms with Crippen molar-refractivity contribution in [3.05, 3.63) is 108 Å². The number of benzene rings is 3. The van der Waals surface area contributed by atoms with Gasteiger partial charge in [0.25, 0.3) is 5.91 Å². The third-order valence-electron chi connectivity index (χ3n) is 6.28. The molecule has 3 aromatic carbocycles. The van der Waals surface area contributed by atoms with Gasteiger partial charge < -0.3 is 14.4 Å². The standard InChI is InChI=1S/C29H27FN2O3/c30-26-8-1-4-21(15-26)20-35-27-9-3-6-24(16-27)29(33)32-12-13-34-19-22(18-32)14-23-5-2-7-25-17-31-11-10-28(23)25/h1-11,15-17,22H,12-14,18-20H2. The summed E-state index contributed by atoms with van der Waals surface area (Å²) >= 11 is 0. The lowest BCUT2D eigenvalue weighted by Gasteiger charge is -2.24. The molecule has 0 spiro atoms. The Balaban J connectivity index is 1.27. The number of fused-ring (bicyclic) bond motifs is 1. The van der Waals surface area contributed by atoms with E-state index < -0.39 is 0 Å². The number of ether oxygens (including phenoxy) is 2. The molecule has 4 aromatic rings. The summed E-state index contributed by atoms with van der Waals surface area (Å²) in [7, 11) is 0. The quantitative estimate of drug-likeness (QED) is 0.385. The molecule has 1 unspecified atom stereocenters. The first-order chi connectivity index (χ1) is 17.2. The molecule has 1 atom stereocenters. The van der Waals surface area contributed by atoms with Gasteiger partial charge in [-0.15, -0.1) is 0 Å². The summed E-state index contributed by atoms with van der Waals surface area (Å²) < 4.78 is 25.1. The summed E-state index contributed by atoms with van der Waals surface area (Å²) in [6, 6.07) is 21.8. The average molecular weight is 471 g/mol. The highest BCUT2D eigenvalue weighted by Crippen LogP contribution is 2.23. The summed E-state index contributed by atoms with van der Waals surface area (Å²) in [5, 5.41) is 2.30. The highest BCUT2D eigenvalue weighted by atomic mass is 19.1. The topological polar surface area (TPSA) is 51.7 Å². The van der Waals surface area contributed by atoms with E-state index in [9.17, 15) is 9.18 Å². The van der Waals surface area contributed by atoms with Crippen LogP contribution in [0.15, 0.2) is 85.2 Å². The molecular weight excluding hydrogens is 443 g/mol. The number of pyridine rings is 1. The van der Waals surface area contributed by atoms with Crippen LogP contribution in [0.4, 0.5) is 4.39 Å². The second-order valence-corrected chi connectivity index (χ2v) is 8.86. The number of aromatic nitrogens is 1.